The van der Waals surface area contributed by atoms with Crippen LogP contribution in [0.2, 0.25) is 0 Å². The molecule has 1 aromatic heterocycles. The number of pyridine rings is 1. The highest BCUT2D eigenvalue weighted by Crippen LogP contribution is 2.22. The highest BCUT2D eigenvalue weighted by molar-refractivity contribution is 6.04. The van der Waals surface area contributed by atoms with Crippen LogP contribution in [0.3, 0.4) is 0 Å². The van der Waals surface area contributed by atoms with Crippen LogP contribution in [0.1, 0.15) is 10.4 Å². The van der Waals surface area contributed by atoms with Gasteiger partial charge in [-0.05, 0) is 49.0 Å². The summed E-state index contributed by atoms with van der Waals surface area (Å²) in [5, 5.41) is 2.90. The Balaban J connectivity index is 1.43. The predicted octanol–water partition coefficient (Wildman–Crippen LogP) is 3.75. The third-order valence-corrected chi connectivity index (χ3v) is 5.09. The molecular weight excluding hydrogens is 348 g/mol. The monoisotopic (exact) mass is 372 g/mol. The van der Waals surface area contributed by atoms with Gasteiger partial charge in [0.15, 0.2) is 0 Å². The molecule has 0 aliphatic carbocycles. The van der Waals surface area contributed by atoms with Crippen molar-refractivity contribution in [3.63, 3.8) is 0 Å². The maximum atomic E-state index is 12.4. The van der Waals surface area contributed by atoms with Crippen LogP contribution >= 0.6 is 0 Å². The van der Waals surface area contributed by atoms with Crippen molar-refractivity contribution in [2.24, 2.45) is 0 Å². The lowest BCUT2D eigenvalue weighted by atomic mass is 10.1. The van der Waals surface area contributed by atoms with E-state index in [4.69, 9.17) is 0 Å². The maximum absolute atomic E-state index is 12.4. The normalized spacial score (nSPS) is 14.7. The van der Waals surface area contributed by atoms with Gasteiger partial charge in [-0.25, -0.2) is 4.98 Å². The zero-order valence-corrected chi connectivity index (χ0v) is 16.0. The lowest BCUT2D eigenvalue weighted by Crippen LogP contribution is -2.44. The minimum atomic E-state index is -0.110. The number of amides is 1. The average molecular weight is 372 g/mol. The number of nitrogens with zero attached hydrogens (tertiary/aromatic N) is 3. The fourth-order valence-corrected chi connectivity index (χ4v) is 3.32. The number of para-hydroxylation sites is 1. The molecule has 28 heavy (non-hydrogen) atoms. The summed E-state index contributed by atoms with van der Waals surface area (Å²) in [5.74, 6) is 0.914. The van der Waals surface area contributed by atoms with Gasteiger partial charge in [-0.2, -0.15) is 0 Å². The fourth-order valence-electron chi connectivity index (χ4n) is 3.32. The summed E-state index contributed by atoms with van der Waals surface area (Å²) in [7, 11) is 2.15. The van der Waals surface area contributed by atoms with Crippen LogP contribution in [0, 0.1) is 0 Å². The summed E-state index contributed by atoms with van der Waals surface area (Å²) in [6, 6.07) is 21.3. The Morgan fingerprint density at radius 2 is 1.54 bits per heavy atom. The zero-order valence-electron chi connectivity index (χ0n) is 16.0. The second kappa shape index (κ2) is 8.23. The first-order chi connectivity index (χ1) is 13.7. The molecule has 0 bridgehead atoms. The summed E-state index contributed by atoms with van der Waals surface area (Å²) in [6.07, 6.45) is 1.91. The number of aromatic nitrogens is 1. The van der Waals surface area contributed by atoms with Gasteiger partial charge in [0.2, 0.25) is 0 Å². The smallest absolute Gasteiger partial charge is 0.255 e. The fraction of sp³-hybridized carbons (Fsp3) is 0.217. The summed E-state index contributed by atoms with van der Waals surface area (Å²) >= 11 is 0. The summed E-state index contributed by atoms with van der Waals surface area (Å²) in [5.41, 5.74) is 3.52. The lowest BCUT2D eigenvalue weighted by Gasteiger charge is -2.33. The van der Waals surface area contributed by atoms with E-state index in [1.807, 2.05) is 60.8 Å². The molecule has 0 unspecified atom stereocenters. The van der Waals surface area contributed by atoms with Crippen LogP contribution in [-0.2, 0) is 0 Å². The second-order valence-corrected chi connectivity index (χ2v) is 7.09. The molecule has 3 aromatic rings. The molecule has 5 heteroatoms. The van der Waals surface area contributed by atoms with Crippen LogP contribution in [0.4, 0.5) is 11.5 Å². The van der Waals surface area contributed by atoms with E-state index in [1.54, 1.807) is 0 Å². The molecule has 1 saturated heterocycles. The first kappa shape index (κ1) is 18.2. The Kier molecular flexibility index (Phi) is 5.35. The molecule has 0 spiro atoms. The maximum Gasteiger partial charge on any atom is 0.255 e. The molecule has 1 aliphatic heterocycles. The molecule has 5 nitrogen and oxygen atoms in total. The van der Waals surface area contributed by atoms with E-state index in [1.165, 1.54) is 0 Å². The molecule has 0 saturated carbocycles. The number of hydrogen-bond acceptors (Lipinski definition) is 4. The number of rotatable bonds is 4. The van der Waals surface area contributed by atoms with E-state index < -0.39 is 0 Å². The Hall–Kier alpha value is -3.18. The highest BCUT2D eigenvalue weighted by atomic mass is 16.1. The molecule has 142 valence electrons. The van der Waals surface area contributed by atoms with Gasteiger partial charge in [-0.1, -0.05) is 30.3 Å². The lowest BCUT2D eigenvalue weighted by molar-refractivity contribution is 0.102. The van der Waals surface area contributed by atoms with Gasteiger partial charge in [0.05, 0.1) is 0 Å². The molecule has 1 aliphatic rings. The van der Waals surface area contributed by atoms with Crippen molar-refractivity contribution in [2.75, 3.05) is 43.4 Å². The Bertz CT molecular complexity index is 915. The van der Waals surface area contributed by atoms with Crippen LogP contribution in [0.25, 0.3) is 11.1 Å². The average Bonchev–Trinajstić information content (AvgIpc) is 2.75. The van der Waals surface area contributed by atoms with Gasteiger partial charge in [-0.3, -0.25) is 4.79 Å². The molecule has 2 aromatic carbocycles. The van der Waals surface area contributed by atoms with Gasteiger partial charge in [0.1, 0.15) is 5.82 Å². The molecule has 4 rings (SSSR count). The Morgan fingerprint density at radius 1 is 0.857 bits per heavy atom. The molecule has 1 amide bonds. The van der Waals surface area contributed by atoms with Crippen LogP contribution in [0.15, 0.2) is 72.9 Å². The van der Waals surface area contributed by atoms with E-state index in [-0.39, 0.29) is 5.91 Å². The predicted molar refractivity (Wildman–Crippen MR) is 114 cm³/mol. The molecule has 0 radical (unpaired) electrons. The van der Waals surface area contributed by atoms with Crippen LogP contribution in [-0.4, -0.2) is 49.0 Å². The number of nitrogens with one attached hydrogen (secondary N) is 1. The molecule has 2 heterocycles. The van der Waals surface area contributed by atoms with Gasteiger partial charge in [0.25, 0.3) is 5.91 Å². The van der Waals surface area contributed by atoms with Gasteiger partial charge in [0, 0.05) is 49.2 Å². The van der Waals surface area contributed by atoms with Crippen LogP contribution in [0.5, 0.6) is 0 Å². The zero-order chi connectivity index (χ0) is 19.3. The van der Waals surface area contributed by atoms with Crippen LogP contribution < -0.4 is 10.2 Å². The molecule has 1 fully saturated rings. The number of benzene rings is 2. The van der Waals surface area contributed by atoms with Crippen molar-refractivity contribution >= 4 is 17.4 Å². The molecule has 0 atom stereocenters. The van der Waals surface area contributed by atoms with E-state index in [0.717, 1.165) is 48.8 Å². The number of carbonyl (C=O) groups excluding carboxylic acids is 1. The minimum absolute atomic E-state index is 0.110. The number of piperazine rings is 1. The number of carbonyl (C=O) groups is 1. The molecular formula is C23H24N4O. The Labute approximate surface area is 165 Å². The largest absolute Gasteiger partial charge is 0.354 e. The second-order valence-electron chi connectivity index (χ2n) is 7.09. The first-order valence-corrected chi connectivity index (χ1v) is 9.55. The summed E-state index contributed by atoms with van der Waals surface area (Å²) < 4.78 is 0. The van der Waals surface area contributed by atoms with E-state index >= 15 is 0 Å². The standard InChI is InChI=1S/C23H24N4O/c1-26-13-15-27(16-14-26)22-12-11-20(17-24-22)18-7-9-19(10-8-18)23(28)25-21-5-3-2-4-6-21/h2-12,17H,13-16H2,1H3,(H,25,28). The number of likely N-dealkylation sites (N-methyl/N-ethyl adjacent to an activating group) is 1. The van der Waals surface area contributed by atoms with Gasteiger partial charge in [-0.15, -0.1) is 0 Å². The SMILES string of the molecule is CN1CCN(c2ccc(-c3ccc(C(=O)Nc4ccccc4)cc3)cn2)CC1. The minimum Gasteiger partial charge on any atom is -0.354 e. The van der Waals surface area contributed by atoms with Gasteiger partial charge >= 0.3 is 0 Å². The van der Waals surface area contributed by atoms with Crippen molar-refractivity contribution in [1.82, 2.24) is 9.88 Å². The Morgan fingerprint density at radius 3 is 2.18 bits per heavy atom. The third kappa shape index (κ3) is 4.21. The van der Waals surface area contributed by atoms with Crippen molar-refractivity contribution in [1.29, 1.82) is 0 Å². The highest BCUT2D eigenvalue weighted by Gasteiger charge is 2.15. The first-order valence-electron chi connectivity index (χ1n) is 9.55. The van der Waals surface area contributed by atoms with Gasteiger partial charge < -0.3 is 15.1 Å². The quantitative estimate of drug-likeness (QED) is 0.758. The van der Waals surface area contributed by atoms with Crippen molar-refractivity contribution in [3.8, 4) is 11.1 Å². The summed E-state index contributed by atoms with van der Waals surface area (Å²) in [6.45, 7) is 4.15. The van der Waals surface area contributed by atoms with E-state index in [0.29, 0.717) is 5.56 Å². The third-order valence-electron chi connectivity index (χ3n) is 5.09. The van der Waals surface area contributed by atoms with E-state index in [9.17, 15) is 4.79 Å². The van der Waals surface area contributed by atoms with Crippen molar-refractivity contribution < 1.29 is 4.79 Å². The number of hydrogen-bond donors (Lipinski definition) is 1. The van der Waals surface area contributed by atoms with Crippen molar-refractivity contribution in [3.05, 3.63) is 78.5 Å². The van der Waals surface area contributed by atoms with Crippen molar-refractivity contribution in [2.45, 2.75) is 0 Å². The topological polar surface area (TPSA) is 48.5 Å². The molecule has 1 N–H and O–H groups in total. The van der Waals surface area contributed by atoms with E-state index in [2.05, 4.69) is 39.3 Å². The summed E-state index contributed by atoms with van der Waals surface area (Å²) in [4.78, 5) is 21.7. The number of anilines is 2.